The van der Waals surface area contributed by atoms with Crippen molar-refractivity contribution in [3.63, 3.8) is 0 Å². The lowest BCUT2D eigenvalue weighted by Crippen LogP contribution is -2.32. The van der Waals surface area contributed by atoms with E-state index < -0.39 is 5.91 Å². The van der Waals surface area contributed by atoms with Gasteiger partial charge in [-0.15, -0.1) is 0 Å². The summed E-state index contributed by atoms with van der Waals surface area (Å²) in [6.07, 6.45) is 0. The molecular weight excluding hydrogens is 440 g/mol. The van der Waals surface area contributed by atoms with E-state index in [4.69, 9.17) is 21.1 Å². The maximum atomic E-state index is 13.5. The van der Waals surface area contributed by atoms with Gasteiger partial charge < -0.3 is 14.8 Å². The van der Waals surface area contributed by atoms with Crippen LogP contribution in [0.1, 0.15) is 16.7 Å². The van der Waals surface area contributed by atoms with Gasteiger partial charge in [0.1, 0.15) is 17.2 Å². The summed E-state index contributed by atoms with van der Waals surface area (Å²) in [7, 11) is 3.09. The molecule has 1 aliphatic heterocycles. The summed E-state index contributed by atoms with van der Waals surface area (Å²) in [5.74, 6) is 0.288. The number of carbonyl (C=O) groups excluding carboxylic acids is 2. The van der Waals surface area contributed by atoms with Crippen LogP contribution in [0.3, 0.4) is 0 Å². The molecule has 1 heterocycles. The van der Waals surface area contributed by atoms with Gasteiger partial charge in [0.05, 0.1) is 26.3 Å². The van der Waals surface area contributed by atoms with Crippen molar-refractivity contribution >= 4 is 34.7 Å². The largest absolute Gasteiger partial charge is 0.497 e. The van der Waals surface area contributed by atoms with Gasteiger partial charge in [-0.3, -0.25) is 14.5 Å². The summed E-state index contributed by atoms with van der Waals surface area (Å²) < 4.78 is 10.7. The van der Waals surface area contributed by atoms with Crippen molar-refractivity contribution < 1.29 is 19.1 Å². The molecule has 0 unspecified atom stereocenters. The molecule has 0 bridgehead atoms. The lowest BCUT2D eigenvalue weighted by atomic mass is 10.0. The van der Waals surface area contributed by atoms with E-state index in [-0.39, 0.29) is 18.1 Å². The predicted octanol–water partition coefficient (Wildman–Crippen LogP) is 5.06. The van der Waals surface area contributed by atoms with Crippen molar-refractivity contribution in [1.29, 1.82) is 0 Å². The molecule has 4 rings (SSSR count). The van der Waals surface area contributed by atoms with Gasteiger partial charge in [-0.1, -0.05) is 59.6 Å². The minimum Gasteiger partial charge on any atom is -0.497 e. The SMILES string of the molecule is COc1cc(NC2=C(c3ccc(C)cc3)C(=O)N(Cc3ccccc3Cl)C2=O)cc(OC)c1. The summed E-state index contributed by atoms with van der Waals surface area (Å²) in [4.78, 5) is 28.2. The molecule has 33 heavy (non-hydrogen) atoms. The fourth-order valence-corrected chi connectivity index (χ4v) is 3.84. The highest BCUT2D eigenvalue weighted by Gasteiger charge is 2.39. The number of benzene rings is 3. The highest BCUT2D eigenvalue weighted by atomic mass is 35.5. The Kier molecular flexibility index (Phi) is 6.38. The number of hydrogen-bond donors (Lipinski definition) is 1. The minimum atomic E-state index is -0.433. The molecule has 3 aromatic carbocycles. The quantitative estimate of drug-likeness (QED) is 0.497. The molecule has 0 atom stereocenters. The number of imide groups is 1. The number of methoxy groups -OCH3 is 2. The van der Waals surface area contributed by atoms with Crippen LogP contribution in [0.5, 0.6) is 11.5 Å². The Bertz CT molecular complexity index is 1230. The van der Waals surface area contributed by atoms with E-state index in [1.54, 1.807) is 50.6 Å². The van der Waals surface area contributed by atoms with Crippen LogP contribution in [-0.2, 0) is 16.1 Å². The minimum absolute atomic E-state index is 0.0688. The molecule has 2 amide bonds. The molecule has 0 aliphatic carbocycles. The summed E-state index contributed by atoms with van der Waals surface area (Å²) in [5, 5.41) is 3.63. The Morgan fingerprint density at radius 1 is 0.879 bits per heavy atom. The average Bonchev–Trinajstić information content (AvgIpc) is 3.05. The first-order chi connectivity index (χ1) is 15.9. The highest BCUT2D eigenvalue weighted by Crippen LogP contribution is 2.34. The number of aryl methyl sites for hydroxylation is 1. The molecule has 3 aromatic rings. The molecule has 0 spiro atoms. The fourth-order valence-electron chi connectivity index (χ4n) is 3.64. The van der Waals surface area contributed by atoms with Gasteiger partial charge in [-0.05, 0) is 24.1 Å². The second-order valence-corrected chi connectivity index (χ2v) is 8.04. The van der Waals surface area contributed by atoms with Crippen molar-refractivity contribution in [3.05, 3.63) is 94.1 Å². The first kappa shape index (κ1) is 22.4. The van der Waals surface area contributed by atoms with Crippen LogP contribution in [0.15, 0.2) is 72.4 Å². The van der Waals surface area contributed by atoms with E-state index in [9.17, 15) is 9.59 Å². The summed E-state index contributed by atoms with van der Waals surface area (Å²) >= 11 is 6.30. The van der Waals surface area contributed by atoms with Crippen LogP contribution in [0.25, 0.3) is 5.57 Å². The zero-order valence-corrected chi connectivity index (χ0v) is 19.3. The third kappa shape index (κ3) is 4.56. The number of nitrogens with one attached hydrogen (secondary N) is 1. The standard InChI is InChI=1S/C26H23ClN2O4/c1-16-8-10-17(11-9-16)23-24(28-19-12-20(32-2)14-21(13-19)33-3)26(31)29(25(23)30)15-18-6-4-5-7-22(18)27/h4-14,28H,15H2,1-3H3. The van der Waals surface area contributed by atoms with Crippen molar-refractivity contribution in [2.45, 2.75) is 13.5 Å². The van der Waals surface area contributed by atoms with E-state index in [2.05, 4.69) is 5.32 Å². The van der Waals surface area contributed by atoms with Gasteiger partial charge in [-0.25, -0.2) is 0 Å². The smallest absolute Gasteiger partial charge is 0.278 e. The zero-order valence-electron chi connectivity index (χ0n) is 18.5. The van der Waals surface area contributed by atoms with E-state index in [1.165, 1.54) is 4.90 Å². The Hall–Kier alpha value is -3.77. The normalized spacial score (nSPS) is 13.5. The van der Waals surface area contributed by atoms with Gasteiger partial charge >= 0.3 is 0 Å². The zero-order chi connectivity index (χ0) is 23.5. The molecule has 0 aromatic heterocycles. The number of amides is 2. The molecule has 0 radical (unpaired) electrons. The first-order valence-corrected chi connectivity index (χ1v) is 10.7. The fraction of sp³-hybridized carbons (Fsp3) is 0.154. The monoisotopic (exact) mass is 462 g/mol. The van der Waals surface area contributed by atoms with Crippen molar-refractivity contribution in [2.75, 3.05) is 19.5 Å². The molecule has 1 N–H and O–H groups in total. The van der Waals surface area contributed by atoms with E-state index in [1.807, 2.05) is 37.3 Å². The Morgan fingerprint density at radius 2 is 1.52 bits per heavy atom. The van der Waals surface area contributed by atoms with Crippen LogP contribution in [0.4, 0.5) is 5.69 Å². The van der Waals surface area contributed by atoms with Gasteiger partial charge in [0.15, 0.2) is 0 Å². The van der Waals surface area contributed by atoms with Gasteiger partial charge in [0.2, 0.25) is 0 Å². The predicted molar refractivity (Wildman–Crippen MR) is 128 cm³/mol. The Labute approximate surface area is 197 Å². The van der Waals surface area contributed by atoms with Crippen molar-refractivity contribution in [3.8, 4) is 11.5 Å². The van der Waals surface area contributed by atoms with Crippen LogP contribution < -0.4 is 14.8 Å². The number of anilines is 1. The van der Waals surface area contributed by atoms with Crippen LogP contribution in [0.2, 0.25) is 5.02 Å². The number of halogens is 1. The summed E-state index contributed by atoms with van der Waals surface area (Å²) in [6.45, 7) is 2.03. The molecule has 1 aliphatic rings. The first-order valence-electron chi connectivity index (χ1n) is 10.3. The molecule has 0 saturated carbocycles. The van der Waals surface area contributed by atoms with Gasteiger partial charge in [-0.2, -0.15) is 0 Å². The third-order valence-electron chi connectivity index (χ3n) is 5.42. The maximum absolute atomic E-state index is 13.5. The molecule has 0 saturated heterocycles. The molecular formula is C26H23ClN2O4. The van der Waals surface area contributed by atoms with Gasteiger partial charge in [0.25, 0.3) is 11.8 Å². The van der Waals surface area contributed by atoms with Gasteiger partial charge in [0, 0.05) is 28.9 Å². The topological polar surface area (TPSA) is 67.9 Å². The number of hydrogen-bond acceptors (Lipinski definition) is 5. The van der Waals surface area contributed by atoms with Crippen LogP contribution >= 0.6 is 11.6 Å². The second kappa shape index (κ2) is 9.38. The lowest BCUT2D eigenvalue weighted by molar-refractivity contribution is -0.137. The molecule has 168 valence electrons. The van der Waals surface area contributed by atoms with Crippen molar-refractivity contribution in [1.82, 2.24) is 4.90 Å². The Balaban J connectivity index is 1.77. The lowest BCUT2D eigenvalue weighted by Gasteiger charge is -2.16. The van der Waals surface area contributed by atoms with Crippen molar-refractivity contribution in [2.24, 2.45) is 0 Å². The number of nitrogens with zero attached hydrogens (tertiary/aromatic N) is 1. The molecule has 7 heteroatoms. The highest BCUT2D eigenvalue weighted by molar-refractivity contribution is 6.36. The van der Waals surface area contributed by atoms with E-state index in [0.29, 0.717) is 38.9 Å². The second-order valence-electron chi connectivity index (χ2n) is 7.63. The van der Waals surface area contributed by atoms with E-state index in [0.717, 1.165) is 5.56 Å². The number of ether oxygens (including phenoxy) is 2. The summed E-state index contributed by atoms with van der Waals surface area (Å²) in [5.41, 5.74) is 3.44. The Morgan fingerprint density at radius 3 is 2.12 bits per heavy atom. The number of carbonyl (C=O) groups is 2. The molecule has 6 nitrogen and oxygen atoms in total. The van der Waals surface area contributed by atoms with Crippen LogP contribution in [0, 0.1) is 6.92 Å². The summed E-state index contributed by atoms with van der Waals surface area (Å²) in [6, 6.07) is 19.8. The maximum Gasteiger partial charge on any atom is 0.278 e. The number of rotatable bonds is 7. The third-order valence-corrected chi connectivity index (χ3v) is 5.78. The van der Waals surface area contributed by atoms with E-state index >= 15 is 0 Å². The average molecular weight is 463 g/mol. The molecule has 0 fully saturated rings. The van der Waals surface area contributed by atoms with Crippen LogP contribution in [-0.4, -0.2) is 30.9 Å².